The molecular weight excluding hydrogens is 386 g/mol. The Hall–Kier alpha value is -2.46. The van der Waals surface area contributed by atoms with E-state index in [1.165, 1.54) is 19.1 Å². The van der Waals surface area contributed by atoms with Gasteiger partial charge in [-0.2, -0.15) is 0 Å². The summed E-state index contributed by atoms with van der Waals surface area (Å²) in [6, 6.07) is 6.14. The fraction of sp³-hybridized carbons (Fsp3) is 0.500. The molecule has 0 unspecified atom stereocenters. The SMILES string of the molecule is Cc1ccc(S(=O)(=O)NCC(=O)NCC(=O)O[C@H](C)C(=O)NC(C)(C)C)cc1. The summed E-state index contributed by atoms with van der Waals surface area (Å²) in [5, 5.41) is 4.90. The van der Waals surface area contributed by atoms with E-state index < -0.39 is 52.5 Å². The highest BCUT2D eigenvalue weighted by Crippen LogP contribution is 2.09. The van der Waals surface area contributed by atoms with Gasteiger partial charge in [-0.05, 0) is 46.8 Å². The molecule has 0 saturated heterocycles. The summed E-state index contributed by atoms with van der Waals surface area (Å²) >= 11 is 0. The lowest BCUT2D eigenvalue weighted by molar-refractivity contribution is -0.154. The van der Waals surface area contributed by atoms with Gasteiger partial charge in [0.1, 0.15) is 6.54 Å². The molecule has 1 rings (SSSR count). The van der Waals surface area contributed by atoms with Crippen molar-refractivity contribution in [2.45, 2.75) is 51.2 Å². The molecule has 9 nitrogen and oxygen atoms in total. The van der Waals surface area contributed by atoms with Crippen molar-refractivity contribution in [1.82, 2.24) is 15.4 Å². The van der Waals surface area contributed by atoms with Gasteiger partial charge >= 0.3 is 5.97 Å². The molecule has 0 saturated carbocycles. The third-order valence-corrected chi connectivity index (χ3v) is 4.78. The molecule has 3 N–H and O–H groups in total. The van der Waals surface area contributed by atoms with Crippen LogP contribution in [-0.4, -0.2) is 50.9 Å². The Morgan fingerprint density at radius 3 is 2.18 bits per heavy atom. The molecule has 0 aliphatic rings. The molecule has 0 spiro atoms. The highest BCUT2D eigenvalue weighted by molar-refractivity contribution is 7.89. The largest absolute Gasteiger partial charge is 0.451 e. The summed E-state index contributed by atoms with van der Waals surface area (Å²) in [5.74, 6) is -1.98. The fourth-order valence-electron chi connectivity index (χ4n) is 1.96. The van der Waals surface area contributed by atoms with Crippen LogP contribution in [0.25, 0.3) is 0 Å². The molecule has 0 radical (unpaired) electrons. The van der Waals surface area contributed by atoms with E-state index in [9.17, 15) is 22.8 Å². The Morgan fingerprint density at radius 1 is 1.07 bits per heavy atom. The van der Waals surface area contributed by atoms with Gasteiger partial charge in [-0.15, -0.1) is 0 Å². The fourth-order valence-corrected chi connectivity index (χ4v) is 2.94. The predicted molar refractivity (Wildman–Crippen MR) is 103 cm³/mol. The van der Waals surface area contributed by atoms with Crippen LogP contribution in [0.15, 0.2) is 29.2 Å². The lowest BCUT2D eigenvalue weighted by Gasteiger charge is -2.23. The number of amides is 2. The van der Waals surface area contributed by atoms with Gasteiger partial charge < -0.3 is 15.4 Å². The zero-order valence-electron chi connectivity index (χ0n) is 16.7. The first-order valence-corrected chi connectivity index (χ1v) is 10.1. The van der Waals surface area contributed by atoms with Crippen LogP contribution in [0.4, 0.5) is 0 Å². The number of rotatable bonds is 8. The van der Waals surface area contributed by atoms with Crippen LogP contribution < -0.4 is 15.4 Å². The van der Waals surface area contributed by atoms with Crippen molar-refractivity contribution < 1.29 is 27.5 Å². The van der Waals surface area contributed by atoms with E-state index in [1.54, 1.807) is 32.9 Å². The molecule has 1 atom stereocenters. The summed E-state index contributed by atoms with van der Waals surface area (Å²) in [7, 11) is -3.84. The second-order valence-electron chi connectivity index (χ2n) is 7.29. The van der Waals surface area contributed by atoms with E-state index in [1.807, 2.05) is 6.92 Å². The van der Waals surface area contributed by atoms with E-state index in [0.29, 0.717) is 0 Å². The highest BCUT2D eigenvalue weighted by Gasteiger charge is 2.22. The van der Waals surface area contributed by atoms with E-state index in [4.69, 9.17) is 4.74 Å². The van der Waals surface area contributed by atoms with Crippen molar-refractivity contribution in [1.29, 1.82) is 0 Å². The van der Waals surface area contributed by atoms with Crippen LogP contribution in [0.2, 0.25) is 0 Å². The zero-order chi connectivity index (χ0) is 21.5. The van der Waals surface area contributed by atoms with Crippen LogP contribution in [0, 0.1) is 6.92 Å². The Labute approximate surface area is 165 Å². The molecule has 10 heteroatoms. The molecule has 0 bridgehead atoms. The summed E-state index contributed by atoms with van der Waals surface area (Å²) < 4.78 is 31.3. The number of hydrogen-bond donors (Lipinski definition) is 3. The summed E-state index contributed by atoms with van der Waals surface area (Å²) in [6.45, 7) is 7.58. The Balaban J connectivity index is 2.42. The average molecular weight is 413 g/mol. The standard InChI is InChI=1S/C18H27N3O6S/c1-12-6-8-14(9-7-12)28(25,26)20-10-15(22)19-11-16(23)27-13(2)17(24)21-18(3,4)5/h6-9,13,20H,10-11H2,1-5H3,(H,19,22)(H,21,24)/t13-/m1/s1. The van der Waals surface area contributed by atoms with E-state index in [0.717, 1.165) is 5.56 Å². The molecule has 0 aliphatic carbocycles. The van der Waals surface area contributed by atoms with Gasteiger partial charge in [0.25, 0.3) is 5.91 Å². The zero-order valence-corrected chi connectivity index (χ0v) is 17.5. The van der Waals surface area contributed by atoms with Gasteiger partial charge in [-0.1, -0.05) is 17.7 Å². The lowest BCUT2D eigenvalue weighted by atomic mass is 10.1. The van der Waals surface area contributed by atoms with Crippen LogP contribution in [0.3, 0.4) is 0 Å². The molecule has 0 aromatic heterocycles. The van der Waals surface area contributed by atoms with Crippen molar-refractivity contribution in [3.63, 3.8) is 0 Å². The number of carbonyl (C=O) groups excluding carboxylic acids is 3. The molecular formula is C18H27N3O6S. The third kappa shape index (κ3) is 8.49. The molecule has 0 fully saturated rings. The maximum Gasteiger partial charge on any atom is 0.326 e. The molecule has 1 aromatic rings. The number of sulfonamides is 1. The number of nitrogens with one attached hydrogen (secondary N) is 3. The maximum atomic E-state index is 12.1. The van der Waals surface area contributed by atoms with Crippen molar-refractivity contribution in [3.05, 3.63) is 29.8 Å². The monoisotopic (exact) mass is 413 g/mol. The normalized spacial score (nSPS) is 12.8. The molecule has 0 heterocycles. The number of ether oxygens (including phenoxy) is 1. The summed E-state index contributed by atoms with van der Waals surface area (Å²) in [5.41, 5.74) is 0.432. The second-order valence-corrected chi connectivity index (χ2v) is 9.05. The second kappa shape index (κ2) is 9.65. The predicted octanol–water partition coefficient (Wildman–Crippen LogP) is 0.236. The molecule has 0 aliphatic heterocycles. The van der Waals surface area contributed by atoms with Crippen LogP contribution in [0.5, 0.6) is 0 Å². The minimum Gasteiger partial charge on any atom is -0.451 e. The molecule has 28 heavy (non-hydrogen) atoms. The molecule has 156 valence electrons. The topological polar surface area (TPSA) is 131 Å². The number of carbonyl (C=O) groups is 3. The van der Waals surface area contributed by atoms with Crippen LogP contribution in [0.1, 0.15) is 33.3 Å². The first-order chi connectivity index (χ1) is 12.8. The summed E-state index contributed by atoms with van der Waals surface area (Å²) in [4.78, 5) is 35.4. The maximum absolute atomic E-state index is 12.1. The average Bonchev–Trinajstić information content (AvgIpc) is 2.57. The van der Waals surface area contributed by atoms with E-state index in [-0.39, 0.29) is 4.90 Å². The lowest BCUT2D eigenvalue weighted by Crippen LogP contribution is -2.47. The minimum absolute atomic E-state index is 0.0315. The van der Waals surface area contributed by atoms with Crippen LogP contribution in [-0.2, 0) is 29.1 Å². The quantitative estimate of drug-likeness (QED) is 0.523. The summed E-state index contributed by atoms with van der Waals surface area (Å²) in [6.07, 6.45) is -1.02. The molecule has 1 aromatic carbocycles. The van der Waals surface area contributed by atoms with Crippen molar-refractivity contribution in [2.75, 3.05) is 13.1 Å². The first kappa shape index (κ1) is 23.6. The van der Waals surface area contributed by atoms with Gasteiger partial charge in [-0.25, -0.2) is 13.1 Å². The third-order valence-electron chi connectivity index (χ3n) is 3.36. The van der Waals surface area contributed by atoms with Crippen molar-refractivity contribution in [3.8, 4) is 0 Å². The van der Waals surface area contributed by atoms with Crippen molar-refractivity contribution >= 4 is 27.8 Å². The van der Waals surface area contributed by atoms with Gasteiger partial charge in [0.2, 0.25) is 15.9 Å². The van der Waals surface area contributed by atoms with Crippen molar-refractivity contribution in [2.24, 2.45) is 0 Å². The number of benzene rings is 1. The van der Waals surface area contributed by atoms with Gasteiger partial charge in [0.15, 0.2) is 6.10 Å². The Morgan fingerprint density at radius 2 is 1.64 bits per heavy atom. The van der Waals surface area contributed by atoms with Crippen LogP contribution >= 0.6 is 0 Å². The number of hydrogen-bond acceptors (Lipinski definition) is 6. The Kier molecular flexibility index (Phi) is 8.13. The number of aryl methyl sites for hydroxylation is 1. The number of esters is 1. The highest BCUT2D eigenvalue weighted by atomic mass is 32.2. The van der Waals surface area contributed by atoms with E-state index in [2.05, 4.69) is 15.4 Å². The van der Waals surface area contributed by atoms with Gasteiger partial charge in [0, 0.05) is 5.54 Å². The minimum atomic E-state index is -3.84. The van der Waals surface area contributed by atoms with Gasteiger partial charge in [-0.3, -0.25) is 14.4 Å². The first-order valence-electron chi connectivity index (χ1n) is 8.65. The van der Waals surface area contributed by atoms with Gasteiger partial charge in [0.05, 0.1) is 11.4 Å². The van der Waals surface area contributed by atoms with E-state index >= 15 is 0 Å². The Bertz CT molecular complexity index is 813. The smallest absolute Gasteiger partial charge is 0.326 e. The molecule has 2 amide bonds.